The lowest BCUT2D eigenvalue weighted by Gasteiger charge is -2.25. The molecule has 6 nitrogen and oxygen atoms in total. The highest BCUT2D eigenvalue weighted by atomic mass is 32.9. The van der Waals surface area contributed by atoms with Crippen LogP contribution in [0.5, 0.6) is 5.75 Å². The topological polar surface area (TPSA) is 61.3 Å². The molecule has 2 rings (SSSR count). The zero-order valence-electron chi connectivity index (χ0n) is 15.5. The quantitative estimate of drug-likeness (QED) is 0.428. The smallest absolute Gasteiger partial charge is 0.248 e. The maximum atomic E-state index is 5.93. The highest BCUT2D eigenvalue weighted by Crippen LogP contribution is 2.63. The van der Waals surface area contributed by atoms with Crippen molar-refractivity contribution in [3.63, 3.8) is 0 Å². The second-order valence-electron chi connectivity index (χ2n) is 6.01. The predicted octanol–water partition coefficient (Wildman–Crippen LogP) is 5.25. The molecule has 2 aromatic rings. The molecule has 0 unspecified atom stereocenters. The number of aromatic amines is 1. The Kier molecular flexibility index (Phi) is 7.88. The summed E-state index contributed by atoms with van der Waals surface area (Å²) >= 11 is 12.6. The number of methoxy groups -OCH3 is 1. The number of rotatable bonds is 9. The van der Waals surface area contributed by atoms with E-state index in [1.54, 1.807) is 7.11 Å². The Labute approximate surface area is 168 Å². The molecule has 0 aliphatic rings. The Bertz CT molecular complexity index is 804. The first-order chi connectivity index (χ1) is 12.2. The van der Waals surface area contributed by atoms with Crippen LogP contribution in [0.4, 0.5) is 0 Å². The van der Waals surface area contributed by atoms with Crippen LogP contribution in [0.3, 0.4) is 0 Å². The highest BCUT2D eigenvalue weighted by molar-refractivity contribution is 8.67. The van der Waals surface area contributed by atoms with Crippen LogP contribution in [0.2, 0.25) is 0 Å². The number of H-pyrrole nitrogens is 1. The average Bonchev–Trinajstić information content (AvgIpc) is 2.92. The van der Waals surface area contributed by atoms with Crippen molar-refractivity contribution in [2.24, 2.45) is 0 Å². The first-order valence-corrected chi connectivity index (χ1v) is 12.8. The van der Waals surface area contributed by atoms with Crippen molar-refractivity contribution in [3.05, 3.63) is 34.9 Å². The van der Waals surface area contributed by atoms with Gasteiger partial charge in [-0.25, -0.2) is 0 Å². The zero-order chi connectivity index (χ0) is 19.3. The predicted molar refractivity (Wildman–Crippen MR) is 113 cm³/mol. The average molecular weight is 434 g/mol. The molecule has 0 radical (unpaired) electrons. The van der Waals surface area contributed by atoms with Crippen LogP contribution in [0.25, 0.3) is 5.69 Å². The zero-order valence-corrected chi connectivity index (χ0v) is 18.8. The molecule has 0 saturated carbocycles. The van der Waals surface area contributed by atoms with Gasteiger partial charge in [-0.1, -0.05) is 11.4 Å². The Hall–Kier alpha value is -0.700. The van der Waals surface area contributed by atoms with Gasteiger partial charge in [-0.05, 0) is 76.0 Å². The summed E-state index contributed by atoms with van der Waals surface area (Å²) in [5, 5.41) is 7.20. The van der Waals surface area contributed by atoms with Crippen LogP contribution >= 0.6 is 29.3 Å². The number of aromatic nitrogens is 3. The van der Waals surface area contributed by atoms with Gasteiger partial charge in [0, 0.05) is 5.69 Å². The monoisotopic (exact) mass is 433 g/mol. The van der Waals surface area contributed by atoms with E-state index in [0.717, 1.165) is 17.3 Å². The van der Waals surface area contributed by atoms with E-state index < -0.39 is 5.69 Å². The van der Waals surface area contributed by atoms with Gasteiger partial charge in [0.25, 0.3) is 0 Å². The molecule has 1 heterocycles. The molecule has 10 heteroatoms. The van der Waals surface area contributed by atoms with E-state index in [-0.39, 0.29) is 12.2 Å². The van der Waals surface area contributed by atoms with E-state index in [2.05, 4.69) is 10.2 Å². The lowest BCUT2D eigenvalue weighted by atomic mass is 10.3. The standard InChI is InChI=1S/C16H24N3O3PS3/c1-11(2)21-23(25,22-12(3)4)26-10-15-17-18-16(24)19(15)13-6-8-14(20-5)9-7-13/h6-9,11-12H,10H2,1-5H3,(H,18,24). The van der Waals surface area contributed by atoms with Crippen molar-refractivity contribution >= 4 is 41.1 Å². The molecule has 0 aliphatic heterocycles. The lowest BCUT2D eigenvalue weighted by Crippen LogP contribution is -2.07. The van der Waals surface area contributed by atoms with Crippen molar-refractivity contribution in [1.82, 2.24) is 14.8 Å². The van der Waals surface area contributed by atoms with Gasteiger partial charge in [-0.2, -0.15) is 5.10 Å². The maximum absolute atomic E-state index is 5.93. The fourth-order valence-corrected chi connectivity index (χ4v) is 7.82. The molecule has 1 N–H and O–H groups in total. The molecule has 0 bridgehead atoms. The van der Waals surface area contributed by atoms with Gasteiger partial charge in [0.05, 0.1) is 25.1 Å². The molecule has 144 valence electrons. The molecule has 0 saturated heterocycles. The first kappa shape index (κ1) is 21.6. The normalized spacial score (nSPS) is 12.1. The fraction of sp³-hybridized carbons (Fsp3) is 0.500. The van der Waals surface area contributed by atoms with E-state index in [9.17, 15) is 0 Å². The van der Waals surface area contributed by atoms with Crippen LogP contribution in [-0.4, -0.2) is 34.1 Å². The molecular weight excluding hydrogens is 409 g/mol. The molecule has 1 aromatic heterocycles. The second kappa shape index (κ2) is 9.48. The van der Waals surface area contributed by atoms with Gasteiger partial charge in [0.15, 0.2) is 4.77 Å². The van der Waals surface area contributed by atoms with Crippen LogP contribution in [0, 0.1) is 4.77 Å². The first-order valence-electron chi connectivity index (χ1n) is 8.16. The van der Waals surface area contributed by atoms with E-state index in [1.165, 1.54) is 11.4 Å². The highest BCUT2D eigenvalue weighted by Gasteiger charge is 2.25. The molecule has 1 aromatic carbocycles. The van der Waals surface area contributed by atoms with E-state index >= 15 is 0 Å². The third-order valence-corrected chi connectivity index (χ3v) is 8.76. The molecule has 0 aliphatic carbocycles. The van der Waals surface area contributed by atoms with Crippen LogP contribution in [-0.2, 0) is 26.6 Å². The molecule has 26 heavy (non-hydrogen) atoms. The Morgan fingerprint density at radius 3 is 2.23 bits per heavy atom. The largest absolute Gasteiger partial charge is 0.497 e. The van der Waals surface area contributed by atoms with Gasteiger partial charge in [-0.15, -0.1) is 0 Å². The molecule has 0 atom stereocenters. The van der Waals surface area contributed by atoms with E-state index in [0.29, 0.717) is 10.5 Å². The number of hydrogen-bond acceptors (Lipinski definition) is 7. The van der Waals surface area contributed by atoms with Gasteiger partial charge in [0.2, 0.25) is 5.69 Å². The summed E-state index contributed by atoms with van der Waals surface area (Å²) in [7, 11) is 1.64. The molecule has 0 amide bonds. The van der Waals surface area contributed by atoms with E-state index in [4.69, 9.17) is 37.8 Å². The van der Waals surface area contributed by atoms with Crippen molar-refractivity contribution in [3.8, 4) is 11.4 Å². The van der Waals surface area contributed by atoms with Crippen molar-refractivity contribution in [1.29, 1.82) is 0 Å². The molecular formula is C16H24N3O3PS3. The Morgan fingerprint density at radius 2 is 1.73 bits per heavy atom. The van der Waals surface area contributed by atoms with Gasteiger partial charge in [0.1, 0.15) is 11.6 Å². The number of benzene rings is 1. The maximum Gasteiger partial charge on any atom is 0.248 e. The molecule has 0 fully saturated rings. The summed E-state index contributed by atoms with van der Waals surface area (Å²) in [5.41, 5.74) is -1.58. The molecule has 0 spiro atoms. The van der Waals surface area contributed by atoms with Gasteiger partial charge in [-0.3, -0.25) is 9.67 Å². The summed E-state index contributed by atoms with van der Waals surface area (Å²) in [5.74, 6) is 2.07. The SMILES string of the molecule is COc1ccc(-n2c(CSP(=S)(OC(C)C)OC(C)C)n[nH]c2=S)cc1. The Morgan fingerprint density at radius 1 is 1.15 bits per heavy atom. The lowest BCUT2D eigenvalue weighted by molar-refractivity contribution is 0.186. The van der Waals surface area contributed by atoms with E-state index in [1.807, 2.05) is 56.5 Å². The van der Waals surface area contributed by atoms with Crippen molar-refractivity contribution in [2.75, 3.05) is 7.11 Å². The van der Waals surface area contributed by atoms with Crippen molar-refractivity contribution < 1.29 is 13.8 Å². The third-order valence-electron chi connectivity index (χ3n) is 3.10. The summed E-state index contributed by atoms with van der Waals surface area (Å²) in [6.45, 7) is 7.83. The minimum atomic E-state index is -2.48. The second-order valence-corrected chi connectivity index (χ2v) is 12.6. The van der Waals surface area contributed by atoms with Gasteiger partial charge < -0.3 is 13.8 Å². The third kappa shape index (κ3) is 5.90. The van der Waals surface area contributed by atoms with Crippen LogP contribution in [0.1, 0.15) is 33.5 Å². The van der Waals surface area contributed by atoms with Crippen LogP contribution < -0.4 is 4.74 Å². The summed E-state index contributed by atoms with van der Waals surface area (Å²) in [6, 6.07) is 7.64. The minimum Gasteiger partial charge on any atom is -0.497 e. The fourth-order valence-electron chi connectivity index (χ4n) is 2.16. The minimum absolute atomic E-state index is 0.00510. The van der Waals surface area contributed by atoms with Gasteiger partial charge >= 0.3 is 0 Å². The summed E-state index contributed by atoms with van der Waals surface area (Å²) in [4.78, 5) is 0. The Balaban J connectivity index is 2.24. The number of nitrogens with zero attached hydrogens (tertiary/aromatic N) is 2. The number of nitrogens with one attached hydrogen (secondary N) is 1. The van der Waals surface area contributed by atoms with Crippen LogP contribution in [0.15, 0.2) is 24.3 Å². The summed E-state index contributed by atoms with van der Waals surface area (Å²) in [6.07, 6.45) is -0.0102. The summed E-state index contributed by atoms with van der Waals surface area (Å²) < 4.78 is 19.5. The van der Waals surface area contributed by atoms with Crippen molar-refractivity contribution in [2.45, 2.75) is 45.7 Å². The number of ether oxygens (including phenoxy) is 1. The number of hydrogen-bond donors (Lipinski definition) is 1.